The van der Waals surface area contributed by atoms with Crippen LogP contribution in [0.3, 0.4) is 0 Å². The Bertz CT molecular complexity index is 868. The number of Topliss-reactive ketones (excluding diaryl/α,β-unsaturated/α-hetero) is 1. The maximum Gasteiger partial charge on any atom is 0.275 e. The summed E-state index contributed by atoms with van der Waals surface area (Å²) in [6.07, 6.45) is -0.585. The number of hydrogen-bond acceptors (Lipinski definition) is 8. The van der Waals surface area contributed by atoms with Gasteiger partial charge in [0, 0.05) is 31.2 Å². The lowest BCUT2D eigenvalue weighted by molar-refractivity contribution is -0.121. The van der Waals surface area contributed by atoms with E-state index in [9.17, 15) is 9.59 Å². The predicted octanol–water partition coefficient (Wildman–Crippen LogP) is 4.07. The molecule has 0 radical (unpaired) electrons. The Hall–Kier alpha value is -2.20. The second-order valence-corrected chi connectivity index (χ2v) is 7.60. The van der Waals surface area contributed by atoms with Gasteiger partial charge in [-0.1, -0.05) is 11.6 Å². The van der Waals surface area contributed by atoms with Crippen molar-refractivity contribution in [2.24, 2.45) is 0 Å². The molecule has 8 nitrogen and oxygen atoms in total. The van der Waals surface area contributed by atoms with Gasteiger partial charge in [0.15, 0.2) is 17.2 Å². The molecule has 0 saturated carbocycles. The third-order valence-corrected chi connectivity index (χ3v) is 4.92. The lowest BCUT2D eigenvalue weighted by Crippen LogP contribution is -2.22. The molecule has 1 amide bonds. The summed E-state index contributed by atoms with van der Waals surface area (Å²) in [6, 6.07) is 3.29. The van der Waals surface area contributed by atoms with E-state index in [1.165, 1.54) is 32.5 Å². The van der Waals surface area contributed by atoms with Crippen molar-refractivity contribution in [2.45, 2.75) is 33.1 Å². The van der Waals surface area contributed by atoms with Crippen LogP contribution in [0.15, 0.2) is 17.5 Å². The number of nitrogens with one attached hydrogen (secondary N) is 2. The molecule has 0 atom stereocenters. The molecule has 10 heteroatoms. The number of methoxy groups -OCH3 is 2. The van der Waals surface area contributed by atoms with Crippen LogP contribution in [-0.4, -0.2) is 49.8 Å². The quantitative estimate of drug-likeness (QED) is 0.423. The molecule has 0 fully saturated rings. The number of hydrogen-bond donors (Lipinski definition) is 2. The van der Waals surface area contributed by atoms with Gasteiger partial charge in [-0.3, -0.25) is 9.59 Å². The summed E-state index contributed by atoms with van der Waals surface area (Å²) >= 11 is 7.75. The van der Waals surface area contributed by atoms with Gasteiger partial charge in [0.1, 0.15) is 23.1 Å². The number of anilines is 2. The number of aromatic nitrogens is 1. The summed E-state index contributed by atoms with van der Waals surface area (Å²) in [5.41, 5.74) is 0.648. The number of carbonyl (C=O) groups excluding carboxylic acids is 2. The van der Waals surface area contributed by atoms with E-state index >= 15 is 0 Å². The Labute approximate surface area is 178 Å². The minimum atomic E-state index is -0.585. The fraction of sp³-hybridized carbons (Fsp3) is 0.421. The highest BCUT2D eigenvalue weighted by Gasteiger charge is 2.21. The average Bonchev–Trinajstić information content (AvgIpc) is 3.12. The molecule has 1 aromatic carbocycles. The molecule has 2 N–H and O–H groups in total. The van der Waals surface area contributed by atoms with Gasteiger partial charge in [-0.15, -0.1) is 11.3 Å². The third kappa shape index (κ3) is 6.14. The van der Waals surface area contributed by atoms with E-state index in [2.05, 4.69) is 15.6 Å². The first kappa shape index (κ1) is 23.1. The number of nitrogens with zero attached hydrogens (tertiary/aromatic N) is 1. The lowest BCUT2D eigenvalue weighted by Gasteiger charge is -2.17. The largest absolute Gasteiger partial charge is 0.487 e. The van der Waals surface area contributed by atoms with Crippen LogP contribution in [0.1, 0.15) is 41.6 Å². The highest BCUT2D eigenvalue weighted by Crippen LogP contribution is 2.36. The second-order valence-electron chi connectivity index (χ2n) is 6.36. The van der Waals surface area contributed by atoms with Crippen molar-refractivity contribution in [1.82, 2.24) is 4.98 Å². The SMILES string of the molecule is COC(COc1ccc(C(C)=O)c(NC(=O)c2csc(NC(C)C)n2)c1Cl)OC. The Morgan fingerprint density at radius 3 is 2.52 bits per heavy atom. The van der Waals surface area contributed by atoms with Crippen LogP contribution in [0.5, 0.6) is 5.75 Å². The van der Waals surface area contributed by atoms with Crippen molar-refractivity contribution < 1.29 is 23.8 Å². The average molecular weight is 442 g/mol. The fourth-order valence-electron chi connectivity index (χ4n) is 2.34. The van der Waals surface area contributed by atoms with Crippen molar-refractivity contribution in [1.29, 1.82) is 0 Å². The fourth-order valence-corrected chi connectivity index (χ4v) is 3.45. The van der Waals surface area contributed by atoms with E-state index in [0.29, 0.717) is 5.13 Å². The topological polar surface area (TPSA) is 98.8 Å². The minimum Gasteiger partial charge on any atom is -0.487 e. The van der Waals surface area contributed by atoms with E-state index in [4.69, 9.17) is 25.8 Å². The van der Waals surface area contributed by atoms with Crippen molar-refractivity contribution in [2.75, 3.05) is 31.5 Å². The number of amides is 1. The molecule has 1 heterocycles. The van der Waals surface area contributed by atoms with Crippen LogP contribution >= 0.6 is 22.9 Å². The molecule has 0 spiro atoms. The molecular weight excluding hydrogens is 418 g/mol. The molecule has 1 aromatic heterocycles. The Kier molecular flexibility index (Phi) is 8.39. The molecule has 0 saturated heterocycles. The van der Waals surface area contributed by atoms with Crippen LogP contribution < -0.4 is 15.4 Å². The molecule has 0 aliphatic rings. The number of ether oxygens (including phenoxy) is 3. The van der Waals surface area contributed by atoms with Crippen LogP contribution in [0.2, 0.25) is 5.02 Å². The van der Waals surface area contributed by atoms with Crippen molar-refractivity contribution in [3.63, 3.8) is 0 Å². The molecule has 0 unspecified atom stereocenters. The van der Waals surface area contributed by atoms with E-state index in [1.54, 1.807) is 17.5 Å². The molecule has 29 heavy (non-hydrogen) atoms. The molecule has 2 rings (SSSR count). The van der Waals surface area contributed by atoms with Gasteiger partial charge in [0.2, 0.25) is 0 Å². The van der Waals surface area contributed by atoms with Crippen LogP contribution in [0.4, 0.5) is 10.8 Å². The van der Waals surface area contributed by atoms with Crippen LogP contribution in [0, 0.1) is 0 Å². The van der Waals surface area contributed by atoms with Crippen molar-refractivity contribution in [3.8, 4) is 5.75 Å². The summed E-state index contributed by atoms with van der Waals surface area (Å²) in [5.74, 6) is -0.446. The molecule has 158 valence electrons. The second kappa shape index (κ2) is 10.5. The number of benzene rings is 1. The Morgan fingerprint density at radius 1 is 1.24 bits per heavy atom. The van der Waals surface area contributed by atoms with Crippen molar-refractivity contribution >= 4 is 45.4 Å². The van der Waals surface area contributed by atoms with Crippen LogP contribution in [0.25, 0.3) is 0 Å². The lowest BCUT2D eigenvalue weighted by atomic mass is 10.1. The molecular formula is C19H24ClN3O5S. The highest BCUT2D eigenvalue weighted by atomic mass is 35.5. The molecule has 0 aliphatic carbocycles. The van der Waals surface area contributed by atoms with Crippen LogP contribution in [-0.2, 0) is 9.47 Å². The summed E-state index contributed by atoms with van der Waals surface area (Å²) in [6.45, 7) is 5.42. The van der Waals surface area contributed by atoms with E-state index in [1.807, 2.05) is 13.8 Å². The van der Waals surface area contributed by atoms with Gasteiger partial charge in [-0.25, -0.2) is 4.98 Å². The summed E-state index contributed by atoms with van der Waals surface area (Å²) in [7, 11) is 2.97. The summed E-state index contributed by atoms with van der Waals surface area (Å²) in [4.78, 5) is 28.9. The first-order valence-corrected chi connectivity index (χ1v) is 10.1. The maximum atomic E-state index is 12.7. The monoisotopic (exact) mass is 441 g/mol. The molecule has 0 bridgehead atoms. The van der Waals surface area contributed by atoms with E-state index in [0.717, 1.165) is 0 Å². The van der Waals surface area contributed by atoms with Gasteiger partial charge in [-0.05, 0) is 32.9 Å². The number of rotatable bonds is 10. The van der Waals surface area contributed by atoms with Gasteiger partial charge < -0.3 is 24.8 Å². The predicted molar refractivity (Wildman–Crippen MR) is 114 cm³/mol. The Balaban J connectivity index is 2.26. The summed E-state index contributed by atoms with van der Waals surface area (Å²) < 4.78 is 15.8. The highest BCUT2D eigenvalue weighted by molar-refractivity contribution is 7.13. The van der Waals surface area contributed by atoms with Gasteiger partial charge >= 0.3 is 0 Å². The molecule has 0 aliphatic heterocycles. The molecule has 2 aromatic rings. The van der Waals surface area contributed by atoms with Gasteiger partial charge in [0.05, 0.1) is 5.69 Å². The van der Waals surface area contributed by atoms with Crippen molar-refractivity contribution in [3.05, 3.63) is 33.8 Å². The number of halogens is 1. The first-order valence-electron chi connectivity index (χ1n) is 8.82. The Morgan fingerprint density at radius 2 is 1.93 bits per heavy atom. The standard InChI is InChI=1S/C19H24ClN3O5S/c1-10(2)21-19-22-13(9-29-19)18(25)23-17-12(11(3)24)6-7-14(16(17)20)28-8-15(26-4)27-5/h6-7,9-10,15H,8H2,1-5H3,(H,21,22)(H,23,25). The zero-order valence-corrected chi connectivity index (χ0v) is 18.4. The number of carbonyl (C=O) groups is 2. The third-order valence-electron chi connectivity index (χ3n) is 3.77. The van der Waals surface area contributed by atoms with Gasteiger partial charge in [-0.2, -0.15) is 0 Å². The number of ketones is 1. The van der Waals surface area contributed by atoms with E-state index in [-0.39, 0.29) is 46.1 Å². The smallest absolute Gasteiger partial charge is 0.275 e. The first-order chi connectivity index (χ1) is 13.8. The minimum absolute atomic E-state index is 0.0792. The summed E-state index contributed by atoms with van der Waals surface area (Å²) in [5, 5.41) is 8.18. The normalized spacial score (nSPS) is 11.0. The number of thiazole rings is 1. The maximum absolute atomic E-state index is 12.7. The van der Waals surface area contributed by atoms with Gasteiger partial charge in [0.25, 0.3) is 5.91 Å². The zero-order chi connectivity index (χ0) is 21.6. The zero-order valence-electron chi connectivity index (χ0n) is 16.9. The van der Waals surface area contributed by atoms with E-state index < -0.39 is 12.2 Å².